The minimum Gasteiger partial charge on any atom is -0.490 e. The molecule has 2 aliphatic heterocycles. The van der Waals surface area contributed by atoms with Gasteiger partial charge in [-0.3, -0.25) is 0 Å². The highest BCUT2D eigenvalue weighted by Crippen LogP contribution is 2.38. The van der Waals surface area contributed by atoms with Crippen LogP contribution < -0.4 is 4.74 Å². The van der Waals surface area contributed by atoms with Gasteiger partial charge in [0.05, 0.1) is 5.38 Å². The van der Waals surface area contributed by atoms with E-state index in [0.29, 0.717) is 12.0 Å². The smallest absolute Gasteiger partial charge is 0.123 e. The fourth-order valence-corrected chi connectivity index (χ4v) is 3.28. The SMILES string of the molecule is CC1Cc2cc(C(Cl)C3CCOCC3)ccc2O1. The van der Waals surface area contributed by atoms with Crippen LogP contribution in [0.15, 0.2) is 18.2 Å². The van der Waals surface area contributed by atoms with Crippen molar-refractivity contribution in [2.24, 2.45) is 5.92 Å². The maximum absolute atomic E-state index is 6.63. The molecule has 3 rings (SSSR count). The molecule has 0 aromatic heterocycles. The van der Waals surface area contributed by atoms with E-state index in [1.54, 1.807) is 0 Å². The molecule has 1 aromatic carbocycles. The Morgan fingerprint density at radius 2 is 2.06 bits per heavy atom. The van der Waals surface area contributed by atoms with Crippen LogP contribution in [-0.2, 0) is 11.2 Å². The summed E-state index contributed by atoms with van der Waals surface area (Å²) in [5.74, 6) is 1.57. The predicted octanol–water partition coefficient (Wildman–Crippen LogP) is 3.72. The van der Waals surface area contributed by atoms with Crippen molar-refractivity contribution in [1.29, 1.82) is 0 Å². The number of rotatable bonds is 2. The zero-order valence-corrected chi connectivity index (χ0v) is 11.5. The van der Waals surface area contributed by atoms with Gasteiger partial charge in [-0.05, 0) is 42.9 Å². The van der Waals surface area contributed by atoms with Crippen LogP contribution >= 0.6 is 11.6 Å². The number of ether oxygens (including phenoxy) is 2. The highest BCUT2D eigenvalue weighted by atomic mass is 35.5. The van der Waals surface area contributed by atoms with E-state index in [0.717, 1.165) is 38.2 Å². The van der Waals surface area contributed by atoms with Crippen molar-refractivity contribution in [3.8, 4) is 5.75 Å². The quantitative estimate of drug-likeness (QED) is 0.760. The molecule has 0 N–H and O–H groups in total. The molecule has 2 nitrogen and oxygen atoms in total. The maximum atomic E-state index is 6.63. The second kappa shape index (κ2) is 5.10. The molecule has 3 heteroatoms. The van der Waals surface area contributed by atoms with Crippen molar-refractivity contribution in [3.05, 3.63) is 29.3 Å². The van der Waals surface area contributed by atoms with Gasteiger partial charge in [0.2, 0.25) is 0 Å². The minimum atomic E-state index is 0.107. The predicted molar refractivity (Wildman–Crippen MR) is 72.4 cm³/mol. The zero-order valence-electron chi connectivity index (χ0n) is 10.7. The molecule has 18 heavy (non-hydrogen) atoms. The van der Waals surface area contributed by atoms with Gasteiger partial charge in [-0.25, -0.2) is 0 Å². The first-order valence-corrected chi connectivity index (χ1v) is 7.19. The lowest BCUT2D eigenvalue weighted by molar-refractivity contribution is 0.0650. The fourth-order valence-electron chi connectivity index (χ4n) is 2.89. The van der Waals surface area contributed by atoms with Crippen LogP contribution in [0.5, 0.6) is 5.75 Å². The van der Waals surface area contributed by atoms with E-state index in [1.165, 1.54) is 11.1 Å². The van der Waals surface area contributed by atoms with Crippen molar-refractivity contribution in [2.75, 3.05) is 13.2 Å². The number of hydrogen-bond donors (Lipinski definition) is 0. The molecule has 0 saturated carbocycles. The topological polar surface area (TPSA) is 18.5 Å². The van der Waals surface area contributed by atoms with Gasteiger partial charge in [-0.15, -0.1) is 11.6 Å². The minimum absolute atomic E-state index is 0.107. The molecule has 2 atom stereocenters. The van der Waals surface area contributed by atoms with E-state index in [4.69, 9.17) is 21.1 Å². The van der Waals surface area contributed by atoms with Gasteiger partial charge in [0.1, 0.15) is 11.9 Å². The van der Waals surface area contributed by atoms with Crippen LogP contribution in [0.3, 0.4) is 0 Å². The third kappa shape index (κ3) is 2.36. The van der Waals surface area contributed by atoms with Crippen LogP contribution in [0.2, 0.25) is 0 Å². The molecular weight excluding hydrogens is 248 g/mol. The average Bonchev–Trinajstić information content (AvgIpc) is 2.78. The van der Waals surface area contributed by atoms with Crippen LogP contribution in [-0.4, -0.2) is 19.3 Å². The maximum Gasteiger partial charge on any atom is 0.123 e. The van der Waals surface area contributed by atoms with Gasteiger partial charge in [0, 0.05) is 19.6 Å². The Morgan fingerprint density at radius 3 is 2.83 bits per heavy atom. The largest absolute Gasteiger partial charge is 0.490 e. The number of hydrogen-bond acceptors (Lipinski definition) is 2. The summed E-state index contributed by atoms with van der Waals surface area (Å²) in [6.45, 7) is 3.80. The van der Waals surface area contributed by atoms with Gasteiger partial charge in [-0.2, -0.15) is 0 Å². The molecule has 0 amide bonds. The Labute approximate surface area is 113 Å². The second-order valence-electron chi connectivity index (χ2n) is 5.35. The Morgan fingerprint density at radius 1 is 1.28 bits per heavy atom. The van der Waals surface area contributed by atoms with Gasteiger partial charge < -0.3 is 9.47 Å². The Hall–Kier alpha value is -0.730. The highest BCUT2D eigenvalue weighted by molar-refractivity contribution is 6.21. The van der Waals surface area contributed by atoms with E-state index in [2.05, 4.69) is 25.1 Å². The summed E-state index contributed by atoms with van der Waals surface area (Å²) in [6.07, 6.45) is 3.43. The summed E-state index contributed by atoms with van der Waals surface area (Å²) in [5, 5.41) is 0.107. The highest BCUT2D eigenvalue weighted by Gasteiger charge is 2.26. The Bertz CT molecular complexity index is 427. The van der Waals surface area contributed by atoms with E-state index in [-0.39, 0.29) is 5.38 Å². The van der Waals surface area contributed by atoms with Crippen LogP contribution in [0.25, 0.3) is 0 Å². The number of fused-ring (bicyclic) bond motifs is 1. The lowest BCUT2D eigenvalue weighted by Crippen LogP contribution is -2.19. The molecule has 2 aliphatic rings. The number of benzene rings is 1. The normalized spacial score (nSPS) is 25.6. The van der Waals surface area contributed by atoms with Crippen LogP contribution in [0, 0.1) is 5.92 Å². The van der Waals surface area contributed by atoms with Gasteiger partial charge in [0.15, 0.2) is 0 Å². The summed E-state index contributed by atoms with van der Waals surface area (Å²) in [4.78, 5) is 0. The lowest BCUT2D eigenvalue weighted by Gasteiger charge is -2.26. The number of halogens is 1. The first-order chi connectivity index (χ1) is 8.74. The molecule has 0 bridgehead atoms. The summed E-state index contributed by atoms with van der Waals surface area (Å²) in [6, 6.07) is 6.42. The molecule has 1 saturated heterocycles. The second-order valence-corrected chi connectivity index (χ2v) is 5.82. The number of alkyl halides is 1. The van der Waals surface area contributed by atoms with E-state index >= 15 is 0 Å². The Kier molecular flexibility index (Phi) is 3.49. The molecule has 1 aromatic rings. The van der Waals surface area contributed by atoms with Crippen molar-refractivity contribution >= 4 is 11.6 Å². The van der Waals surface area contributed by atoms with Crippen LogP contribution in [0.4, 0.5) is 0 Å². The van der Waals surface area contributed by atoms with Crippen LogP contribution in [0.1, 0.15) is 36.3 Å². The third-order valence-corrected chi connectivity index (χ3v) is 4.53. The first kappa shape index (κ1) is 12.3. The lowest BCUT2D eigenvalue weighted by atomic mass is 9.91. The van der Waals surface area contributed by atoms with Crippen molar-refractivity contribution in [2.45, 2.75) is 37.7 Å². The summed E-state index contributed by atoms with van der Waals surface area (Å²) in [7, 11) is 0. The van der Waals surface area contributed by atoms with Crippen molar-refractivity contribution in [1.82, 2.24) is 0 Å². The van der Waals surface area contributed by atoms with Crippen molar-refractivity contribution in [3.63, 3.8) is 0 Å². The van der Waals surface area contributed by atoms with Gasteiger partial charge in [0.25, 0.3) is 0 Å². The molecule has 2 heterocycles. The first-order valence-electron chi connectivity index (χ1n) is 6.75. The summed E-state index contributed by atoms with van der Waals surface area (Å²) < 4.78 is 11.1. The standard InChI is InChI=1S/C15H19ClO2/c1-10-8-13-9-12(2-3-14(13)18-10)15(16)11-4-6-17-7-5-11/h2-3,9-11,15H,4-8H2,1H3. The van der Waals surface area contributed by atoms with Gasteiger partial charge >= 0.3 is 0 Å². The molecule has 0 radical (unpaired) electrons. The summed E-state index contributed by atoms with van der Waals surface area (Å²) >= 11 is 6.63. The van der Waals surface area contributed by atoms with Gasteiger partial charge in [-0.1, -0.05) is 12.1 Å². The monoisotopic (exact) mass is 266 g/mol. The molecule has 1 fully saturated rings. The zero-order chi connectivity index (χ0) is 12.5. The van der Waals surface area contributed by atoms with Crippen molar-refractivity contribution < 1.29 is 9.47 Å². The fraction of sp³-hybridized carbons (Fsp3) is 0.600. The van der Waals surface area contributed by atoms with E-state index in [1.807, 2.05) is 0 Å². The molecular formula is C15H19ClO2. The average molecular weight is 267 g/mol. The summed E-state index contributed by atoms with van der Waals surface area (Å²) in [5.41, 5.74) is 2.54. The molecule has 2 unspecified atom stereocenters. The Balaban J connectivity index is 1.78. The van der Waals surface area contributed by atoms with E-state index < -0.39 is 0 Å². The molecule has 98 valence electrons. The molecule has 0 spiro atoms. The van der Waals surface area contributed by atoms with E-state index in [9.17, 15) is 0 Å². The third-order valence-electron chi connectivity index (χ3n) is 3.92. The molecule has 0 aliphatic carbocycles.